The molecule has 4 nitrogen and oxygen atoms in total. The molecule has 1 aromatic carbocycles. The van der Waals surface area contributed by atoms with E-state index in [-0.39, 0.29) is 0 Å². The average molecular weight is 392 g/mol. The average Bonchev–Trinajstić information content (AvgIpc) is 2.32. The van der Waals surface area contributed by atoms with Gasteiger partial charge in [0, 0.05) is 0 Å². The summed E-state index contributed by atoms with van der Waals surface area (Å²) in [5.74, 6) is -0.863. The van der Waals surface area contributed by atoms with Gasteiger partial charge in [0.15, 0.2) is 0 Å². The monoisotopic (exact) mass is 392 g/mol. The van der Waals surface area contributed by atoms with Crippen LogP contribution in [0.5, 0.6) is 5.75 Å². The second-order valence-corrected chi connectivity index (χ2v) is 5.21. The molecule has 0 radical (unpaired) electrons. The van der Waals surface area contributed by atoms with Gasteiger partial charge in [-0.3, -0.25) is 0 Å². The summed E-state index contributed by atoms with van der Waals surface area (Å²) in [6.07, 6.45) is -21.6. The topological polar surface area (TPSA) is 52.6 Å². The summed E-state index contributed by atoms with van der Waals surface area (Å²) in [5.41, 5.74) is -6.99. The number of hydrogen-bond acceptors (Lipinski definition) is 4. The van der Waals surface area contributed by atoms with Gasteiger partial charge in [0.2, 0.25) is 0 Å². The molecule has 0 aliphatic rings. The zero-order valence-electron chi connectivity index (χ0n) is 10.8. The quantitative estimate of drug-likeness (QED) is 0.733. The van der Waals surface area contributed by atoms with E-state index in [9.17, 15) is 47.9 Å². The van der Waals surface area contributed by atoms with Crippen LogP contribution in [0.15, 0.2) is 30.3 Å². The van der Waals surface area contributed by atoms with Crippen molar-refractivity contribution in [2.45, 2.75) is 24.1 Å². The SMILES string of the molecule is O=S(=O)(Oc1ccccc1)OC(C(F)(F)F)(C(F)(F)F)C(F)(F)F. The largest absolute Gasteiger partial charge is 0.450 e. The molecule has 0 aliphatic heterocycles. The molecule has 14 heteroatoms. The lowest BCUT2D eigenvalue weighted by molar-refractivity contribution is -0.437. The molecule has 0 bridgehead atoms. The van der Waals surface area contributed by atoms with Gasteiger partial charge in [0.25, 0.3) is 0 Å². The van der Waals surface area contributed by atoms with Gasteiger partial charge in [-0.15, -0.1) is 0 Å². The van der Waals surface area contributed by atoms with E-state index < -0.39 is 40.3 Å². The zero-order chi connectivity index (χ0) is 19.0. The fraction of sp³-hybridized carbons (Fsp3) is 0.400. The third kappa shape index (κ3) is 3.85. The molecule has 1 rings (SSSR count). The maximum absolute atomic E-state index is 12.6. The van der Waals surface area contributed by atoms with Crippen molar-refractivity contribution in [2.24, 2.45) is 0 Å². The van der Waals surface area contributed by atoms with Crippen molar-refractivity contribution in [1.82, 2.24) is 0 Å². The standard InChI is InChI=1S/C10H5F9O4S/c11-8(12,13)7(9(14,15)16,10(17,18)19)23-24(20,21)22-6-4-2-1-3-5-6/h1-5H. The van der Waals surface area contributed by atoms with E-state index in [1.54, 1.807) is 0 Å². The van der Waals surface area contributed by atoms with Crippen molar-refractivity contribution in [2.75, 3.05) is 0 Å². The normalized spacial score (nSPS) is 14.5. The number of benzene rings is 1. The summed E-state index contributed by atoms with van der Waals surface area (Å²) in [7, 11) is -6.40. The molecule has 0 fully saturated rings. The lowest BCUT2D eigenvalue weighted by Crippen LogP contribution is -2.68. The Morgan fingerprint density at radius 3 is 1.42 bits per heavy atom. The molecule has 0 aliphatic carbocycles. The minimum atomic E-state index is -7.20. The molecule has 0 aromatic heterocycles. The van der Waals surface area contributed by atoms with Crippen molar-refractivity contribution in [1.29, 1.82) is 0 Å². The molecule has 0 saturated carbocycles. The first kappa shape index (κ1) is 20.3. The van der Waals surface area contributed by atoms with E-state index in [0.29, 0.717) is 0 Å². The molecule has 24 heavy (non-hydrogen) atoms. The molecule has 0 spiro atoms. The fourth-order valence-corrected chi connectivity index (χ4v) is 2.36. The Morgan fingerprint density at radius 2 is 1.08 bits per heavy atom. The summed E-state index contributed by atoms with van der Waals surface area (Å²) in [6, 6.07) is 4.85. The van der Waals surface area contributed by atoms with Crippen LogP contribution in [0.25, 0.3) is 0 Å². The number of para-hydroxylation sites is 1. The minimum Gasteiger partial charge on any atom is -0.362 e. The van der Waals surface area contributed by atoms with E-state index >= 15 is 0 Å². The van der Waals surface area contributed by atoms with Crippen LogP contribution in [-0.2, 0) is 14.6 Å². The van der Waals surface area contributed by atoms with E-state index in [0.717, 1.165) is 24.3 Å². The Morgan fingerprint density at radius 1 is 0.708 bits per heavy atom. The summed E-state index contributed by atoms with van der Waals surface area (Å²) >= 11 is 0. The highest BCUT2D eigenvalue weighted by Gasteiger charge is 2.87. The lowest BCUT2D eigenvalue weighted by Gasteiger charge is -2.36. The highest BCUT2D eigenvalue weighted by molar-refractivity contribution is 7.82. The highest BCUT2D eigenvalue weighted by atomic mass is 32.3. The molecule has 0 saturated heterocycles. The molecular formula is C10H5F9O4S. The maximum Gasteiger partial charge on any atom is 0.450 e. The third-order valence-electron chi connectivity index (χ3n) is 2.37. The van der Waals surface area contributed by atoms with Gasteiger partial charge in [0.1, 0.15) is 5.75 Å². The Hall–Kier alpha value is -1.70. The molecule has 1 aromatic rings. The van der Waals surface area contributed by atoms with Crippen LogP contribution in [0.1, 0.15) is 0 Å². The first-order valence-corrected chi connectivity index (χ1v) is 6.77. The first-order chi connectivity index (χ1) is 10.5. The van der Waals surface area contributed by atoms with Crippen molar-refractivity contribution in [3.8, 4) is 5.75 Å². The number of alkyl halides is 9. The zero-order valence-corrected chi connectivity index (χ0v) is 11.6. The highest BCUT2D eigenvalue weighted by Crippen LogP contribution is 2.55. The van der Waals surface area contributed by atoms with Gasteiger partial charge in [-0.05, 0) is 12.1 Å². The van der Waals surface area contributed by atoms with Crippen LogP contribution >= 0.6 is 0 Å². The summed E-state index contributed by atoms with van der Waals surface area (Å²) < 4.78 is 142. The molecule has 0 heterocycles. The van der Waals surface area contributed by atoms with Gasteiger partial charge in [0.05, 0.1) is 0 Å². The van der Waals surface area contributed by atoms with Crippen LogP contribution in [0, 0.1) is 0 Å². The molecule has 0 N–H and O–H groups in total. The van der Waals surface area contributed by atoms with Crippen molar-refractivity contribution in [3.63, 3.8) is 0 Å². The van der Waals surface area contributed by atoms with Crippen LogP contribution in [0.3, 0.4) is 0 Å². The molecule has 0 atom stereocenters. The van der Waals surface area contributed by atoms with Gasteiger partial charge >= 0.3 is 34.5 Å². The lowest BCUT2D eigenvalue weighted by atomic mass is 10.0. The fourth-order valence-electron chi connectivity index (χ4n) is 1.39. The second-order valence-electron chi connectivity index (χ2n) is 4.06. The summed E-state index contributed by atoms with van der Waals surface area (Å²) in [5, 5.41) is 0. The van der Waals surface area contributed by atoms with Gasteiger partial charge in [-0.2, -0.15) is 47.9 Å². The Kier molecular flexibility index (Phi) is 5.07. The van der Waals surface area contributed by atoms with E-state index in [1.165, 1.54) is 6.07 Å². The van der Waals surface area contributed by atoms with Crippen LogP contribution in [-0.4, -0.2) is 32.5 Å². The van der Waals surface area contributed by atoms with Crippen molar-refractivity contribution < 1.29 is 56.3 Å². The first-order valence-electron chi connectivity index (χ1n) is 5.44. The van der Waals surface area contributed by atoms with Crippen LogP contribution in [0.2, 0.25) is 0 Å². The van der Waals surface area contributed by atoms with E-state index in [2.05, 4.69) is 8.37 Å². The predicted molar refractivity (Wildman–Crippen MR) is 58.0 cm³/mol. The van der Waals surface area contributed by atoms with Crippen LogP contribution < -0.4 is 4.18 Å². The van der Waals surface area contributed by atoms with Gasteiger partial charge in [-0.25, -0.2) is 4.18 Å². The molecular weight excluding hydrogens is 387 g/mol. The van der Waals surface area contributed by atoms with Crippen molar-refractivity contribution in [3.05, 3.63) is 30.3 Å². The van der Waals surface area contributed by atoms with Gasteiger partial charge < -0.3 is 4.18 Å². The second kappa shape index (κ2) is 5.98. The van der Waals surface area contributed by atoms with Crippen LogP contribution in [0.4, 0.5) is 39.5 Å². The third-order valence-corrected chi connectivity index (χ3v) is 3.22. The van der Waals surface area contributed by atoms with Crippen molar-refractivity contribution >= 4 is 10.4 Å². The van der Waals surface area contributed by atoms with E-state index in [1.807, 2.05) is 0 Å². The smallest absolute Gasteiger partial charge is 0.362 e. The Bertz CT molecular complexity index is 624. The number of halogens is 9. The predicted octanol–water partition coefficient (Wildman–Crippen LogP) is 3.75. The summed E-state index contributed by atoms with van der Waals surface area (Å²) in [6.45, 7) is 0. The number of hydrogen-bond donors (Lipinski definition) is 0. The van der Waals surface area contributed by atoms with Gasteiger partial charge in [-0.1, -0.05) is 18.2 Å². The number of rotatable bonds is 4. The summed E-state index contributed by atoms with van der Waals surface area (Å²) in [4.78, 5) is 0. The molecule has 138 valence electrons. The molecule has 0 unspecified atom stereocenters. The Labute approximate surface area is 128 Å². The maximum atomic E-state index is 12.6. The van der Waals surface area contributed by atoms with E-state index in [4.69, 9.17) is 0 Å². The molecule has 0 amide bonds. The Balaban J connectivity index is 3.42. The minimum absolute atomic E-state index is 0.747.